The van der Waals surface area contributed by atoms with Gasteiger partial charge in [0, 0.05) is 37.0 Å². The number of amides is 1. The summed E-state index contributed by atoms with van der Waals surface area (Å²) < 4.78 is 26.9. The molecule has 3 nitrogen and oxygen atoms in total. The van der Waals surface area contributed by atoms with Gasteiger partial charge in [-0.1, -0.05) is 12.1 Å². The van der Waals surface area contributed by atoms with Crippen LogP contribution < -0.4 is 4.90 Å². The Morgan fingerprint density at radius 2 is 1.80 bits per heavy atom. The number of hydrogen-bond acceptors (Lipinski definition) is 2. The van der Waals surface area contributed by atoms with Crippen LogP contribution in [0.1, 0.15) is 23.6 Å². The van der Waals surface area contributed by atoms with E-state index in [1.165, 1.54) is 17.7 Å². The molecule has 1 aliphatic rings. The summed E-state index contributed by atoms with van der Waals surface area (Å²) in [5, 5.41) is 0. The lowest BCUT2D eigenvalue weighted by atomic mass is 10.1. The minimum absolute atomic E-state index is 0.00276. The van der Waals surface area contributed by atoms with Crippen molar-refractivity contribution < 1.29 is 13.6 Å². The van der Waals surface area contributed by atoms with E-state index in [4.69, 9.17) is 0 Å². The first-order valence-corrected chi connectivity index (χ1v) is 8.43. The molecule has 0 aromatic heterocycles. The standard InChI is InChI=1S/C20H22F2N2O/c1-13-4-7-18(10-14(13)2)24-9-8-23(15(3)20(24)25)12-16-5-6-17(21)11-19(16)22/h4-7,10-11,15H,8-9,12H2,1-3H3/t15-/m0/s1. The molecule has 1 atom stereocenters. The molecule has 0 bridgehead atoms. The lowest BCUT2D eigenvalue weighted by Gasteiger charge is -2.39. The summed E-state index contributed by atoms with van der Waals surface area (Å²) in [5.74, 6) is -1.17. The first-order valence-electron chi connectivity index (χ1n) is 8.43. The van der Waals surface area contributed by atoms with Crippen molar-refractivity contribution in [3.8, 4) is 0 Å². The largest absolute Gasteiger partial charge is 0.310 e. The number of benzene rings is 2. The molecule has 0 radical (unpaired) electrons. The Morgan fingerprint density at radius 1 is 1.04 bits per heavy atom. The zero-order valence-electron chi connectivity index (χ0n) is 14.7. The van der Waals surface area contributed by atoms with Crippen LogP contribution >= 0.6 is 0 Å². The second-order valence-corrected chi connectivity index (χ2v) is 6.64. The molecule has 0 aliphatic carbocycles. The molecular weight excluding hydrogens is 322 g/mol. The number of piperazine rings is 1. The average Bonchev–Trinajstić information content (AvgIpc) is 2.57. The fourth-order valence-electron chi connectivity index (χ4n) is 3.15. The van der Waals surface area contributed by atoms with Crippen LogP contribution in [0.5, 0.6) is 0 Å². The van der Waals surface area contributed by atoms with E-state index in [2.05, 4.69) is 0 Å². The van der Waals surface area contributed by atoms with Gasteiger partial charge in [-0.2, -0.15) is 0 Å². The van der Waals surface area contributed by atoms with Crippen LogP contribution in [-0.2, 0) is 11.3 Å². The molecule has 1 saturated heterocycles. The summed E-state index contributed by atoms with van der Waals surface area (Å²) in [6.07, 6.45) is 0. The number of halogens is 2. The summed E-state index contributed by atoms with van der Waals surface area (Å²) in [5.41, 5.74) is 3.64. The van der Waals surface area contributed by atoms with Gasteiger partial charge in [-0.3, -0.25) is 9.69 Å². The van der Waals surface area contributed by atoms with Crippen LogP contribution in [0, 0.1) is 25.5 Å². The van der Waals surface area contributed by atoms with E-state index in [9.17, 15) is 13.6 Å². The van der Waals surface area contributed by atoms with E-state index in [0.717, 1.165) is 17.3 Å². The molecule has 2 aromatic rings. The number of hydrogen-bond donors (Lipinski definition) is 0. The van der Waals surface area contributed by atoms with Crippen molar-refractivity contribution in [1.29, 1.82) is 0 Å². The normalized spacial score (nSPS) is 18.7. The molecule has 1 aliphatic heterocycles. The fraction of sp³-hybridized carbons (Fsp3) is 0.350. The molecule has 1 amide bonds. The molecular formula is C20H22F2N2O. The summed E-state index contributed by atoms with van der Waals surface area (Å²) in [6, 6.07) is 9.21. The van der Waals surface area contributed by atoms with Crippen LogP contribution in [0.15, 0.2) is 36.4 Å². The molecule has 3 rings (SSSR count). The first kappa shape index (κ1) is 17.5. The molecule has 0 spiro atoms. The Kier molecular flexibility index (Phi) is 4.86. The summed E-state index contributed by atoms with van der Waals surface area (Å²) in [6.45, 7) is 7.38. The predicted octanol–water partition coefficient (Wildman–Crippen LogP) is 3.82. The van der Waals surface area contributed by atoms with E-state index in [1.54, 1.807) is 4.90 Å². The van der Waals surface area contributed by atoms with Crippen LogP contribution in [0.25, 0.3) is 0 Å². The van der Waals surface area contributed by atoms with Gasteiger partial charge < -0.3 is 4.90 Å². The van der Waals surface area contributed by atoms with Gasteiger partial charge in [-0.05, 0) is 50.1 Å². The zero-order chi connectivity index (χ0) is 18.1. The van der Waals surface area contributed by atoms with Crippen LogP contribution in [0.3, 0.4) is 0 Å². The van der Waals surface area contributed by atoms with Crippen molar-refractivity contribution in [2.75, 3.05) is 18.0 Å². The monoisotopic (exact) mass is 344 g/mol. The molecule has 25 heavy (non-hydrogen) atoms. The van der Waals surface area contributed by atoms with E-state index in [-0.39, 0.29) is 11.9 Å². The van der Waals surface area contributed by atoms with Crippen LogP contribution in [0.2, 0.25) is 0 Å². The van der Waals surface area contributed by atoms with E-state index >= 15 is 0 Å². The maximum atomic E-state index is 13.9. The quantitative estimate of drug-likeness (QED) is 0.845. The molecule has 132 valence electrons. The van der Waals surface area contributed by atoms with E-state index in [1.807, 2.05) is 43.9 Å². The van der Waals surface area contributed by atoms with Crippen molar-refractivity contribution in [3.05, 3.63) is 64.7 Å². The third-order valence-corrected chi connectivity index (χ3v) is 4.97. The molecule has 0 saturated carbocycles. The van der Waals surface area contributed by atoms with Crippen molar-refractivity contribution in [1.82, 2.24) is 4.90 Å². The fourth-order valence-corrected chi connectivity index (χ4v) is 3.15. The topological polar surface area (TPSA) is 23.6 Å². The molecule has 0 unspecified atom stereocenters. The van der Waals surface area contributed by atoms with Crippen molar-refractivity contribution in [3.63, 3.8) is 0 Å². The average molecular weight is 344 g/mol. The Morgan fingerprint density at radius 3 is 2.48 bits per heavy atom. The number of carbonyl (C=O) groups excluding carboxylic acids is 1. The number of anilines is 1. The molecule has 1 fully saturated rings. The smallest absolute Gasteiger partial charge is 0.244 e. The van der Waals surface area contributed by atoms with Gasteiger partial charge in [0.1, 0.15) is 11.6 Å². The van der Waals surface area contributed by atoms with Gasteiger partial charge >= 0.3 is 0 Å². The van der Waals surface area contributed by atoms with Crippen molar-refractivity contribution in [2.24, 2.45) is 0 Å². The summed E-state index contributed by atoms with van der Waals surface area (Å²) >= 11 is 0. The van der Waals surface area contributed by atoms with Gasteiger partial charge in [0.2, 0.25) is 5.91 Å². The number of rotatable bonds is 3. The third-order valence-electron chi connectivity index (χ3n) is 4.97. The third kappa shape index (κ3) is 3.56. The van der Waals surface area contributed by atoms with Crippen LogP contribution in [0.4, 0.5) is 14.5 Å². The second kappa shape index (κ2) is 6.92. The van der Waals surface area contributed by atoms with Crippen molar-refractivity contribution in [2.45, 2.75) is 33.4 Å². The Hall–Kier alpha value is -2.27. The Balaban J connectivity index is 1.75. The van der Waals surface area contributed by atoms with Gasteiger partial charge in [-0.15, -0.1) is 0 Å². The summed E-state index contributed by atoms with van der Waals surface area (Å²) in [4.78, 5) is 16.5. The first-order chi connectivity index (χ1) is 11.9. The zero-order valence-corrected chi connectivity index (χ0v) is 14.7. The minimum Gasteiger partial charge on any atom is -0.310 e. The lowest BCUT2D eigenvalue weighted by molar-refractivity contribution is -0.125. The number of aryl methyl sites for hydroxylation is 2. The van der Waals surface area contributed by atoms with Crippen LogP contribution in [-0.4, -0.2) is 29.9 Å². The lowest BCUT2D eigenvalue weighted by Crippen LogP contribution is -2.55. The van der Waals surface area contributed by atoms with E-state index < -0.39 is 11.6 Å². The maximum Gasteiger partial charge on any atom is 0.244 e. The highest BCUT2D eigenvalue weighted by molar-refractivity contribution is 5.97. The minimum atomic E-state index is -0.593. The highest BCUT2D eigenvalue weighted by Gasteiger charge is 2.32. The maximum absolute atomic E-state index is 13.9. The number of carbonyl (C=O) groups is 1. The van der Waals surface area contributed by atoms with E-state index in [0.29, 0.717) is 25.2 Å². The number of nitrogens with zero attached hydrogens (tertiary/aromatic N) is 2. The Labute approximate surface area is 146 Å². The van der Waals surface area contributed by atoms with Gasteiger partial charge in [0.25, 0.3) is 0 Å². The highest BCUT2D eigenvalue weighted by Crippen LogP contribution is 2.24. The molecule has 0 N–H and O–H groups in total. The Bertz CT molecular complexity index is 806. The molecule has 1 heterocycles. The molecule has 5 heteroatoms. The summed E-state index contributed by atoms with van der Waals surface area (Å²) in [7, 11) is 0. The van der Waals surface area contributed by atoms with Gasteiger partial charge in [-0.25, -0.2) is 8.78 Å². The predicted molar refractivity (Wildman–Crippen MR) is 94.5 cm³/mol. The molecule has 2 aromatic carbocycles. The van der Waals surface area contributed by atoms with Gasteiger partial charge in [0.05, 0.1) is 6.04 Å². The highest BCUT2D eigenvalue weighted by atomic mass is 19.1. The second-order valence-electron chi connectivity index (χ2n) is 6.64. The van der Waals surface area contributed by atoms with Gasteiger partial charge in [0.15, 0.2) is 0 Å². The SMILES string of the molecule is Cc1ccc(N2CCN(Cc3ccc(F)cc3F)[C@@H](C)C2=O)cc1C. The van der Waals surface area contributed by atoms with Crippen molar-refractivity contribution >= 4 is 11.6 Å².